The average Bonchev–Trinajstić information content (AvgIpc) is 2.31. The van der Waals surface area contributed by atoms with Crippen molar-refractivity contribution in [2.75, 3.05) is 5.73 Å². The number of imide groups is 1. The van der Waals surface area contributed by atoms with Crippen LogP contribution in [0.3, 0.4) is 0 Å². The van der Waals surface area contributed by atoms with Crippen LogP contribution in [0.1, 0.15) is 5.56 Å². The molecular formula is C11H12N4O4. The van der Waals surface area contributed by atoms with Gasteiger partial charge in [0.1, 0.15) is 5.82 Å². The van der Waals surface area contributed by atoms with E-state index in [0.29, 0.717) is 10.5 Å². The van der Waals surface area contributed by atoms with Gasteiger partial charge in [-0.1, -0.05) is 0 Å². The zero-order valence-corrected chi connectivity index (χ0v) is 9.81. The number of hydrogen-bond donors (Lipinski definition) is 3. The van der Waals surface area contributed by atoms with Gasteiger partial charge in [-0.05, 0) is 24.1 Å². The first-order valence-electron chi connectivity index (χ1n) is 5.47. The van der Waals surface area contributed by atoms with Crippen LogP contribution in [0.15, 0.2) is 18.3 Å². The lowest BCUT2D eigenvalue weighted by atomic mass is 9.83. The number of likely N-dealkylation sites (tertiary alicyclic amines) is 1. The molecule has 8 heteroatoms. The van der Waals surface area contributed by atoms with Crippen LogP contribution in [0.25, 0.3) is 0 Å². The number of rotatable bonds is 3. The van der Waals surface area contributed by atoms with E-state index in [1.807, 2.05) is 0 Å². The summed E-state index contributed by atoms with van der Waals surface area (Å²) < 4.78 is 0. The van der Waals surface area contributed by atoms with Crippen molar-refractivity contribution in [2.45, 2.75) is 12.5 Å². The predicted molar refractivity (Wildman–Crippen MR) is 63.7 cm³/mol. The van der Waals surface area contributed by atoms with Crippen molar-refractivity contribution in [3.63, 3.8) is 0 Å². The Hall–Kier alpha value is -2.64. The molecule has 0 bridgehead atoms. The summed E-state index contributed by atoms with van der Waals surface area (Å²) >= 11 is 0. The number of aliphatic carboxylic acids is 1. The fourth-order valence-corrected chi connectivity index (χ4v) is 2.15. The lowest BCUT2D eigenvalue weighted by molar-refractivity contribution is -0.165. The van der Waals surface area contributed by atoms with Gasteiger partial charge in [-0.2, -0.15) is 0 Å². The first kappa shape index (κ1) is 12.8. The van der Waals surface area contributed by atoms with E-state index in [9.17, 15) is 14.4 Å². The molecule has 1 unspecified atom stereocenters. The summed E-state index contributed by atoms with van der Waals surface area (Å²) in [4.78, 5) is 38.1. The van der Waals surface area contributed by atoms with E-state index in [1.165, 1.54) is 6.20 Å². The van der Waals surface area contributed by atoms with Gasteiger partial charge in [-0.25, -0.2) is 19.5 Å². The summed E-state index contributed by atoms with van der Waals surface area (Å²) in [6.07, 6.45) is 1.64. The maximum atomic E-state index is 11.7. The Morgan fingerprint density at radius 1 is 1.47 bits per heavy atom. The number of amides is 3. The molecule has 2 rings (SSSR count). The number of carboxylic acids is 1. The topological polar surface area (TPSA) is 140 Å². The minimum atomic E-state index is -1.26. The molecule has 0 aliphatic carbocycles. The Kier molecular flexibility index (Phi) is 3.07. The second-order valence-electron chi connectivity index (χ2n) is 4.23. The van der Waals surface area contributed by atoms with Crippen LogP contribution in [0.4, 0.5) is 10.6 Å². The van der Waals surface area contributed by atoms with Gasteiger partial charge in [0.05, 0.1) is 5.92 Å². The predicted octanol–water partition coefficient (Wildman–Crippen LogP) is -0.803. The fourth-order valence-electron chi connectivity index (χ4n) is 2.15. The fraction of sp³-hybridized carbons (Fsp3) is 0.273. The van der Waals surface area contributed by atoms with Crippen LogP contribution in [-0.4, -0.2) is 38.9 Å². The number of carbonyl (C=O) groups is 3. The molecule has 2 heterocycles. The Morgan fingerprint density at radius 2 is 2.16 bits per heavy atom. The third-order valence-corrected chi connectivity index (χ3v) is 3.01. The van der Waals surface area contributed by atoms with E-state index in [0.717, 1.165) is 0 Å². The van der Waals surface area contributed by atoms with Crippen molar-refractivity contribution in [3.05, 3.63) is 23.9 Å². The summed E-state index contributed by atoms with van der Waals surface area (Å²) in [6.45, 7) is 0. The number of carboxylic acid groups (broad SMARTS) is 1. The minimum Gasteiger partial charge on any atom is -0.480 e. The molecule has 1 fully saturated rings. The van der Waals surface area contributed by atoms with Crippen molar-refractivity contribution in [2.24, 2.45) is 11.7 Å². The molecule has 1 aromatic rings. The molecule has 0 spiro atoms. The lowest BCUT2D eigenvalue weighted by Crippen LogP contribution is -2.68. The van der Waals surface area contributed by atoms with E-state index in [1.54, 1.807) is 12.1 Å². The number of anilines is 1. The number of primary amides is 1. The van der Waals surface area contributed by atoms with E-state index < -0.39 is 29.9 Å². The maximum Gasteiger partial charge on any atom is 0.327 e. The molecule has 19 heavy (non-hydrogen) atoms. The number of aromatic nitrogens is 1. The summed E-state index contributed by atoms with van der Waals surface area (Å²) in [5.74, 6) is -2.38. The number of nitrogens with two attached hydrogens (primary N) is 2. The number of hydrogen-bond acceptors (Lipinski definition) is 5. The number of urea groups is 1. The van der Waals surface area contributed by atoms with Crippen LogP contribution in [0.2, 0.25) is 0 Å². The van der Waals surface area contributed by atoms with Gasteiger partial charge in [-0.3, -0.25) is 4.79 Å². The van der Waals surface area contributed by atoms with Crippen LogP contribution in [0, 0.1) is 5.92 Å². The number of nitrogen functional groups attached to an aromatic ring is 1. The summed E-state index contributed by atoms with van der Waals surface area (Å²) in [5.41, 5.74) is 11.2. The molecule has 1 saturated heterocycles. The quantitative estimate of drug-likeness (QED) is 0.610. The average molecular weight is 264 g/mol. The van der Waals surface area contributed by atoms with Gasteiger partial charge in [0.25, 0.3) is 0 Å². The van der Waals surface area contributed by atoms with Gasteiger partial charge >= 0.3 is 12.0 Å². The molecule has 1 aromatic heterocycles. The molecule has 100 valence electrons. The van der Waals surface area contributed by atoms with Crippen LogP contribution in [0.5, 0.6) is 0 Å². The highest BCUT2D eigenvalue weighted by molar-refractivity contribution is 6.07. The molecule has 3 amide bonds. The van der Waals surface area contributed by atoms with Crippen molar-refractivity contribution in [1.29, 1.82) is 0 Å². The number of pyridine rings is 1. The van der Waals surface area contributed by atoms with Gasteiger partial charge in [0, 0.05) is 6.20 Å². The van der Waals surface area contributed by atoms with E-state index in [-0.39, 0.29) is 12.2 Å². The standard InChI is InChI=1S/C11H12N4O4/c12-7-4-5(1-2-14-7)3-6-8(10(17)18)15(9(6)16)11(13)19/h1-2,4,6,8H,3H2,(H2,12,14)(H2,13,19)(H,17,18)/t6-,8?/m1/s1. The van der Waals surface area contributed by atoms with Crippen molar-refractivity contribution in [1.82, 2.24) is 9.88 Å². The highest BCUT2D eigenvalue weighted by atomic mass is 16.4. The maximum absolute atomic E-state index is 11.7. The first-order chi connectivity index (χ1) is 8.91. The number of carbonyl (C=O) groups excluding carboxylic acids is 2. The number of nitrogens with zero attached hydrogens (tertiary/aromatic N) is 2. The Labute approximate surface area is 108 Å². The Morgan fingerprint density at radius 3 is 2.68 bits per heavy atom. The third kappa shape index (κ3) is 2.19. The summed E-state index contributed by atoms with van der Waals surface area (Å²) in [6, 6.07) is 0.913. The monoisotopic (exact) mass is 264 g/mol. The Balaban J connectivity index is 2.19. The molecular weight excluding hydrogens is 252 g/mol. The summed E-state index contributed by atoms with van der Waals surface area (Å²) in [5, 5.41) is 9.03. The Bertz CT molecular complexity index is 559. The van der Waals surface area contributed by atoms with Crippen LogP contribution < -0.4 is 11.5 Å². The van der Waals surface area contributed by atoms with E-state index >= 15 is 0 Å². The van der Waals surface area contributed by atoms with Crippen LogP contribution >= 0.6 is 0 Å². The molecule has 0 aromatic carbocycles. The first-order valence-corrected chi connectivity index (χ1v) is 5.47. The summed E-state index contributed by atoms with van der Waals surface area (Å²) in [7, 11) is 0. The second kappa shape index (κ2) is 4.56. The lowest BCUT2D eigenvalue weighted by Gasteiger charge is -2.41. The smallest absolute Gasteiger partial charge is 0.327 e. The molecule has 8 nitrogen and oxygen atoms in total. The van der Waals surface area contributed by atoms with Crippen LogP contribution in [-0.2, 0) is 16.0 Å². The van der Waals surface area contributed by atoms with Crippen molar-refractivity contribution >= 4 is 23.7 Å². The molecule has 1 aliphatic heterocycles. The van der Waals surface area contributed by atoms with Gasteiger partial charge in [0.2, 0.25) is 5.91 Å². The molecule has 2 atom stereocenters. The highest BCUT2D eigenvalue weighted by Crippen LogP contribution is 2.30. The second-order valence-corrected chi connectivity index (χ2v) is 4.23. The zero-order chi connectivity index (χ0) is 14.2. The SMILES string of the molecule is NC(=O)N1C(=O)[C@H](Cc2ccnc(N)c2)C1C(=O)O. The van der Waals surface area contributed by atoms with Gasteiger partial charge in [0.15, 0.2) is 6.04 Å². The molecule has 0 radical (unpaired) electrons. The largest absolute Gasteiger partial charge is 0.480 e. The van der Waals surface area contributed by atoms with E-state index in [2.05, 4.69) is 4.98 Å². The highest BCUT2D eigenvalue weighted by Gasteiger charge is 2.54. The molecule has 0 saturated carbocycles. The molecule has 1 aliphatic rings. The van der Waals surface area contributed by atoms with Crippen molar-refractivity contribution in [3.8, 4) is 0 Å². The minimum absolute atomic E-state index is 0.173. The third-order valence-electron chi connectivity index (χ3n) is 3.01. The number of β-lactam (4-membered cyclic amide) rings is 1. The zero-order valence-electron chi connectivity index (χ0n) is 9.81. The normalized spacial score (nSPS) is 21.9. The van der Waals surface area contributed by atoms with E-state index in [4.69, 9.17) is 16.6 Å². The van der Waals surface area contributed by atoms with Gasteiger partial charge in [-0.15, -0.1) is 0 Å². The molecule has 5 N–H and O–H groups in total. The van der Waals surface area contributed by atoms with Crippen molar-refractivity contribution < 1.29 is 19.5 Å². The van der Waals surface area contributed by atoms with Gasteiger partial charge < -0.3 is 16.6 Å².